The van der Waals surface area contributed by atoms with Crippen LogP contribution in [0.4, 0.5) is 0 Å². The molecule has 0 aromatic rings. The zero-order valence-electron chi connectivity index (χ0n) is 16.7. The molecule has 0 atom stereocenters. The lowest BCUT2D eigenvalue weighted by Crippen LogP contribution is -2.44. The van der Waals surface area contributed by atoms with Gasteiger partial charge in [-0.15, -0.1) is 14.0 Å². The van der Waals surface area contributed by atoms with E-state index in [1.54, 1.807) is 0 Å². The Bertz CT molecular complexity index is 220. The quantitative estimate of drug-likeness (QED) is 0.206. The third-order valence-electron chi connectivity index (χ3n) is 3.97. The topological polar surface area (TPSA) is 9.72 Å². The van der Waals surface area contributed by atoms with Crippen molar-refractivity contribution < 1.29 is 0 Å². The van der Waals surface area contributed by atoms with Crippen molar-refractivity contribution in [2.45, 2.75) is 80.1 Å². The van der Waals surface area contributed by atoms with Gasteiger partial charge in [0.15, 0.2) is 0 Å². The smallest absolute Gasteiger partial charge is 0.141 e. The van der Waals surface area contributed by atoms with E-state index in [2.05, 4.69) is 77.6 Å². The molecule has 23 heavy (non-hydrogen) atoms. The van der Waals surface area contributed by atoms with Crippen LogP contribution in [-0.2, 0) is 0 Å². The predicted molar refractivity (Wildman–Crippen MR) is 117 cm³/mol. The fourth-order valence-electron chi connectivity index (χ4n) is 3.18. The van der Waals surface area contributed by atoms with Crippen molar-refractivity contribution in [1.82, 2.24) is 14.0 Å². The zero-order valence-corrected chi connectivity index (χ0v) is 19.7. The van der Waals surface area contributed by atoms with Crippen LogP contribution in [0.15, 0.2) is 0 Å². The molecule has 0 amide bonds. The molecule has 0 fully saturated rings. The van der Waals surface area contributed by atoms with E-state index in [-0.39, 0.29) is 0 Å². The molecule has 5 heteroatoms. The molecule has 0 radical (unpaired) electrons. The molecule has 0 spiro atoms. The SMILES string of the molecule is CCCN(CCC)[P+](I)(N(CCC)CCC)N(CCC)CCC. The van der Waals surface area contributed by atoms with E-state index in [0.717, 1.165) is 0 Å². The minimum absolute atomic E-state index is 1.23. The maximum Gasteiger partial charge on any atom is 0.290 e. The molecule has 0 saturated heterocycles. The van der Waals surface area contributed by atoms with Crippen LogP contribution in [-0.4, -0.2) is 53.3 Å². The van der Waals surface area contributed by atoms with Gasteiger partial charge in [-0.25, -0.2) is 0 Å². The summed E-state index contributed by atoms with van der Waals surface area (Å²) in [5.41, 5.74) is 0. The van der Waals surface area contributed by atoms with Gasteiger partial charge < -0.3 is 0 Å². The molecule has 0 rings (SSSR count). The molecule has 0 bridgehead atoms. The summed E-state index contributed by atoms with van der Waals surface area (Å²) in [6.07, 6.45) is 7.52. The summed E-state index contributed by atoms with van der Waals surface area (Å²) < 4.78 is 8.55. The Morgan fingerprint density at radius 3 is 0.783 bits per heavy atom. The highest BCUT2D eigenvalue weighted by Gasteiger charge is 2.53. The lowest BCUT2D eigenvalue weighted by atomic mass is 10.4. The molecular weight excluding hydrogens is 416 g/mol. The monoisotopic (exact) mass is 458 g/mol. The van der Waals surface area contributed by atoms with Crippen LogP contribution in [0.2, 0.25) is 0 Å². The first-order valence-corrected chi connectivity index (χ1v) is 14.3. The van der Waals surface area contributed by atoms with E-state index in [9.17, 15) is 0 Å². The van der Waals surface area contributed by atoms with Crippen molar-refractivity contribution >= 4 is 27.4 Å². The summed E-state index contributed by atoms with van der Waals surface area (Å²) in [6, 6.07) is 0. The summed E-state index contributed by atoms with van der Waals surface area (Å²) in [5, 5.41) is -1.43. The van der Waals surface area contributed by atoms with Gasteiger partial charge in [-0.1, -0.05) is 41.5 Å². The van der Waals surface area contributed by atoms with E-state index >= 15 is 0 Å². The van der Waals surface area contributed by atoms with Gasteiger partial charge in [-0.2, -0.15) is 0 Å². The number of hydrogen-bond donors (Lipinski definition) is 0. The van der Waals surface area contributed by atoms with Crippen LogP contribution in [0.1, 0.15) is 80.1 Å². The van der Waals surface area contributed by atoms with Crippen LogP contribution in [0.3, 0.4) is 0 Å². The standard InChI is InChI=1S/C18H42IN3P/c1-7-13-20(14-8-2)23(19,21(15-9-3)16-10-4)22(17-11-5)18-12-6/h7-18H2,1-6H3/q+1. The molecule has 0 aromatic carbocycles. The third-order valence-corrected chi connectivity index (χ3v) is 12.8. The average molecular weight is 458 g/mol. The normalized spacial score (nSPS) is 12.8. The van der Waals surface area contributed by atoms with E-state index in [1.807, 2.05) is 0 Å². The van der Waals surface area contributed by atoms with E-state index in [1.165, 1.54) is 77.8 Å². The highest BCUT2D eigenvalue weighted by Crippen LogP contribution is 2.74. The van der Waals surface area contributed by atoms with Crippen LogP contribution < -0.4 is 0 Å². The zero-order chi connectivity index (χ0) is 17.7. The minimum Gasteiger partial charge on any atom is -0.141 e. The summed E-state index contributed by atoms with van der Waals surface area (Å²) in [5.74, 6) is 0. The maximum absolute atomic E-state index is 2.89. The van der Waals surface area contributed by atoms with Gasteiger partial charge in [0, 0.05) is 39.3 Å². The van der Waals surface area contributed by atoms with E-state index in [4.69, 9.17) is 0 Å². The predicted octanol–water partition coefficient (Wildman–Crippen LogP) is 6.47. The van der Waals surface area contributed by atoms with Crippen LogP contribution in [0, 0.1) is 0 Å². The highest BCUT2D eigenvalue weighted by atomic mass is 127. The summed E-state index contributed by atoms with van der Waals surface area (Å²) in [6.45, 7) is 21.4. The van der Waals surface area contributed by atoms with Crippen molar-refractivity contribution in [3.63, 3.8) is 0 Å². The second kappa shape index (κ2) is 14.2. The Morgan fingerprint density at radius 2 is 0.652 bits per heavy atom. The Morgan fingerprint density at radius 1 is 0.478 bits per heavy atom. The summed E-state index contributed by atoms with van der Waals surface area (Å²) >= 11 is 2.89. The van der Waals surface area contributed by atoms with Crippen LogP contribution in [0.5, 0.6) is 0 Å². The Labute approximate surface area is 160 Å². The Hall–Kier alpha value is 1.04. The van der Waals surface area contributed by atoms with Crippen molar-refractivity contribution in [1.29, 1.82) is 0 Å². The van der Waals surface area contributed by atoms with Crippen molar-refractivity contribution in [2.24, 2.45) is 0 Å². The Kier molecular flexibility index (Phi) is 14.9. The first-order chi connectivity index (χ1) is 11.1. The fourth-order valence-corrected chi connectivity index (χ4v) is 10.9. The lowest BCUT2D eigenvalue weighted by Gasteiger charge is -2.43. The van der Waals surface area contributed by atoms with Crippen LogP contribution in [0.25, 0.3) is 0 Å². The summed E-state index contributed by atoms with van der Waals surface area (Å²) in [4.78, 5) is 0. The molecule has 0 saturated carbocycles. The molecule has 0 aliphatic carbocycles. The van der Waals surface area contributed by atoms with Gasteiger partial charge in [0.05, 0.1) is 0 Å². The van der Waals surface area contributed by atoms with Gasteiger partial charge in [-0.3, -0.25) is 0 Å². The molecule has 0 N–H and O–H groups in total. The maximum atomic E-state index is 2.89. The van der Waals surface area contributed by atoms with Gasteiger partial charge in [0.2, 0.25) is 22.0 Å². The number of halogens is 1. The first kappa shape index (κ1) is 24.0. The van der Waals surface area contributed by atoms with Crippen molar-refractivity contribution in [3.8, 4) is 0 Å². The van der Waals surface area contributed by atoms with E-state index < -0.39 is 5.36 Å². The number of nitrogens with zero attached hydrogens (tertiary/aromatic N) is 3. The second-order valence-corrected chi connectivity index (χ2v) is 12.9. The molecule has 0 aromatic heterocycles. The molecule has 0 heterocycles. The second-order valence-electron chi connectivity index (χ2n) is 6.36. The largest absolute Gasteiger partial charge is 0.290 e. The summed E-state index contributed by atoms with van der Waals surface area (Å²) in [7, 11) is 0. The Balaban J connectivity index is 5.73. The van der Waals surface area contributed by atoms with Crippen molar-refractivity contribution in [2.75, 3.05) is 39.3 Å². The molecule has 140 valence electrons. The number of hydrogen-bond acceptors (Lipinski definition) is 3. The van der Waals surface area contributed by atoms with Gasteiger partial charge in [0.1, 0.15) is 0 Å². The van der Waals surface area contributed by atoms with E-state index in [0.29, 0.717) is 0 Å². The minimum atomic E-state index is -1.43. The molecular formula is C18H42IN3P+. The lowest BCUT2D eigenvalue weighted by molar-refractivity contribution is 0.311. The third kappa shape index (κ3) is 7.43. The van der Waals surface area contributed by atoms with Crippen molar-refractivity contribution in [3.05, 3.63) is 0 Å². The molecule has 3 nitrogen and oxygen atoms in total. The van der Waals surface area contributed by atoms with Gasteiger partial charge >= 0.3 is 0 Å². The van der Waals surface area contributed by atoms with Gasteiger partial charge in [0.25, 0.3) is 5.36 Å². The molecule has 0 unspecified atom stereocenters. The fraction of sp³-hybridized carbons (Fsp3) is 1.00. The van der Waals surface area contributed by atoms with Gasteiger partial charge in [-0.05, 0) is 38.5 Å². The highest BCUT2D eigenvalue weighted by molar-refractivity contribution is 14.2. The number of rotatable bonds is 15. The van der Waals surface area contributed by atoms with Crippen LogP contribution >= 0.6 is 27.4 Å². The first-order valence-electron chi connectivity index (χ1n) is 9.91. The average Bonchev–Trinajstić information content (AvgIpc) is 2.53. The molecule has 0 aliphatic rings. The molecule has 0 aliphatic heterocycles.